The van der Waals surface area contributed by atoms with Crippen molar-refractivity contribution in [2.75, 3.05) is 19.1 Å². The van der Waals surface area contributed by atoms with Gasteiger partial charge in [-0.2, -0.15) is 0 Å². The number of benzene rings is 3. The molecule has 4 rings (SSSR count). The zero-order valence-corrected chi connectivity index (χ0v) is 19.5. The fourth-order valence-corrected chi connectivity index (χ4v) is 4.54. The van der Waals surface area contributed by atoms with E-state index in [-0.39, 0.29) is 32.6 Å². The third kappa shape index (κ3) is 4.08. The predicted octanol–water partition coefficient (Wildman–Crippen LogP) is 5.78. The Kier molecular flexibility index (Phi) is 6.50. The number of Topliss-reactive ketones (excluding diaryl/α,β-unsaturated/α-hetero) is 1. The minimum atomic E-state index is -1.07. The standard InChI is InChI=1S/C25H18Cl2FNO5/c1-33-17-8-3-5-13(9-17)21-20(22(30)14-10-18(26)24(34-2)19(27)11-14)23(31)25(32)29(21)16-7-4-6-15(28)12-16/h3-12,21,30H,1-2H3/b22-20+. The summed E-state index contributed by atoms with van der Waals surface area (Å²) in [6, 6.07) is 13.6. The molecule has 1 amide bonds. The van der Waals surface area contributed by atoms with Gasteiger partial charge >= 0.3 is 0 Å². The molecule has 1 fully saturated rings. The summed E-state index contributed by atoms with van der Waals surface area (Å²) in [6.07, 6.45) is 0. The smallest absolute Gasteiger partial charge is 0.300 e. The van der Waals surface area contributed by atoms with Crippen LogP contribution in [-0.2, 0) is 9.59 Å². The summed E-state index contributed by atoms with van der Waals surface area (Å²) in [5.74, 6) is -2.28. The van der Waals surface area contributed by atoms with Gasteiger partial charge in [0.25, 0.3) is 11.7 Å². The van der Waals surface area contributed by atoms with Crippen LogP contribution in [0.25, 0.3) is 5.76 Å². The molecule has 1 atom stereocenters. The van der Waals surface area contributed by atoms with Crippen LogP contribution in [0.3, 0.4) is 0 Å². The highest BCUT2D eigenvalue weighted by Crippen LogP contribution is 2.44. The maximum Gasteiger partial charge on any atom is 0.300 e. The number of carbonyl (C=O) groups excluding carboxylic acids is 2. The largest absolute Gasteiger partial charge is 0.507 e. The van der Waals surface area contributed by atoms with Gasteiger partial charge in [0, 0.05) is 11.3 Å². The molecule has 0 bridgehead atoms. The third-order valence-electron chi connectivity index (χ3n) is 5.42. The first-order valence-corrected chi connectivity index (χ1v) is 10.8. The van der Waals surface area contributed by atoms with Gasteiger partial charge in [-0.15, -0.1) is 0 Å². The molecule has 3 aromatic rings. The van der Waals surface area contributed by atoms with E-state index in [0.717, 1.165) is 11.0 Å². The molecule has 1 heterocycles. The van der Waals surface area contributed by atoms with E-state index in [0.29, 0.717) is 11.3 Å². The summed E-state index contributed by atoms with van der Waals surface area (Å²) in [6.45, 7) is 0. The van der Waals surface area contributed by atoms with Crippen molar-refractivity contribution in [1.29, 1.82) is 0 Å². The van der Waals surface area contributed by atoms with E-state index in [4.69, 9.17) is 32.7 Å². The Hall–Kier alpha value is -3.55. The van der Waals surface area contributed by atoms with Crippen LogP contribution in [0.4, 0.5) is 10.1 Å². The number of methoxy groups -OCH3 is 2. The topological polar surface area (TPSA) is 76.1 Å². The molecule has 3 aromatic carbocycles. The molecule has 174 valence electrons. The van der Waals surface area contributed by atoms with Crippen LogP contribution in [0.5, 0.6) is 11.5 Å². The van der Waals surface area contributed by atoms with Crippen LogP contribution in [0.1, 0.15) is 17.2 Å². The fraction of sp³-hybridized carbons (Fsp3) is 0.120. The molecule has 6 nitrogen and oxygen atoms in total. The zero-order chi connectivity index (χ0) is 24.6. The first kappa shape index (κ1) is 23.6. The van der Waals surface area contributed by atoms with Crippen molar-refractivity contribution >= 4 is 46.3 Å². The number of ether oxygens (including phenoxy) is 2. The van der Waals surface area contributed by atoms with Gasteiger partial charge in [-0.3, -0.25) is 14.5 Å². The number of hydrogen-bond donors (Lipinski definition) is 1. The summed E-state index contributed by atoms with van der Waals surface area (Å²) in [7, 11) is 2.87. The molecule has 0 aromatic heterocycles. The highest BCUT2D eigenvalue weighted by molar-refractivity contribution is 6.51. The number of ketones is 1. The van der Waals surface area contributed by atoms with Crippen LogP contribution >= 0.6 is 23.2 Å². The number of amides is 1. The molecule has 0 saturated carbocycles. The lowest BCUT2D eigenvalue weighted by atomic mass is 9.95. The Bertz CT molecular complexity index is 1320. The first-order chi connectivity index (χ1) is 16.3. The SMILES string of the molecule is COc1cccc(C2/C(=C(\O)c3cc(Cl)c(OC)c(Cl)c3)C(=O)C(=O)N2c2cccc(F)c2)c1. The molecule has 0 aliphatic carbocycles. The molecule has 9 heteroatoms. The Labute approximate surface area is 204 Å². The van der Waals surface area contributed by atoms with Crippen LogP contribution in [-0.4, -0.2) is 31.0 Å². The molecule has 34 heavy (non-hydrogen) atoms. The molecular weight excluding hydrogens is 484 g/mol. The maximum absolute atomic E-state index is 14.0. The van der Waals surface area contributed by atoms with E-state index in [9.17, 15) is 19.1 Å². The van der Waals surface area contributed by atoms with Crippen LogP contribution in [0.15, 0.2) is 66.2 Å². The van der Waals surface area contributed by atoms with E-state index in [1.165, 1.54) is 44.6 Å². The summed E-state index contributed by atoms with van der Waals surface area (Å²) >= 11 is 12.4. The third-order valence-corrected chi connectivity index (χ3v) is 5.98. The number of nitrogens with zero attached hydrogens (tertiary/aromatic N) is 1. The highest BCUT2D eigenvalue weighted by atomic mass is 35.5. The minimum Gasteiger partial charge on any atom is -0.507 e. The van der Waals surface area contributed by atoms with E-state index in [1.54, 1.807) is 24.3 Å². The molecule has 1 unspecified atom stereocenters. The van der Waals surface area contributed by atoms with E-state index in [1.807, 2.05) is 0 Å². The number of halogens is 3. The number of hydrogen-bond acceptors (Lipinski definition) is 5. The first-order valence-electron chi connectivity index (χ1n) is 10.0. The van der Waals surface area contributed by atoms with Crippen molar-refractivity contribution in [3.8, 4) is 11.5 Å². The lowest BCUT2D eigenvalue weighted by molar-refractivity contribution is -0.132. The molecule has 1 N–H and O–H groups in total. The summed E-state index contributed by atoms with van der Waals surface area (Å²) in [4.78, 5) is 27.5. The van der Waals surface area contributed by atoms with Gasteiger partial charge in [-0.1, -0.05) is 41.4 Å². The van der Waals surface area contributed by atoms with E-state index in [2.05, 4.69) is 0 Å². The zero-order valence-electron chi connectivity index (χ0n) is 18.0. The molecule has 0 spiro atoms. The summed E-state index contributed by atoms with van der Waals surface area (Å²) < 4.78 is 24.5. The Morgan fingerprint density at radius 3 is 2.26 bits per heavy atom. The lowest BCUT2D eigenvalue weighted by Crippen LogP contribution is -2.29. The lowest BCUT2D eigenvalue weighted by Gasteiger charge is -2.25. The summed E-state index contributed by atoms with van der Waals surface area (Å²) in [5, 5.41) is 11.4. The number of aliphatic hydroxyl groups excluding tert-OH is 1. The minimum absolute atomic E-state index is 0.105. The van der Waals surface area contributed by atoms with Crippen molar-refractivity contribution in [3.05, 3.63) is 93.2 Å². The van der Waals surface area contributed by atoms with Crippen LogP contribution in [0.2, 0.25) is 10.0 Å². The second kappa shape index (κ2) is 9.37. The van der Waals surface area contributed by atoms with Gasteiger partial charge in [0.05, 0.1) is 35.9 Å². The van der Waals surface area contributed by atoms with Crippen molar-refractivity contribution in [1.82, 2.24) is 0 Å². The highest BCUT2D eigenvalue weighted by Gasteiger charge is 2.47. The van der Waals surface area contributed by atoms with Crippen molar-refractivity contribution < 1.29 is 28.6 Å². The molecule has 1 saturated heterocycles. The van der Waals surface area contributed by atoms with Gasteiger partial charge in [0.15, 0.2) is 5.75 Å². The van der Waals surface area contributed by atoms with E-state index < -0.39 is 29.3 Å². The fourth-order valence-electron chi connectivity index (χ4n) is 3.90. The van der Waals surface area contributed by atoms with Crippen molar-refractivity contribution in [3.63, 3.8) is 0 Å². The number of rotatable bonds is 5. The van der Waals surface area contributed by atoms with Crippen molar-refractivity contribution in [2.24, 2.45) is 0 Å². The van der Waals surface area contributed by atoms with E-state index >= 15 is 0 Å². The molecule has 1 aliphatic rings. The molecule has 0 radical (unpaired) electrons. The van der Waals surface area contributed by atoms with Gasteiger partial charge < -0.3 is 14.6 Å². The molecule has 1 aliphatic heterocycles. The quantitative estimate of drug-likeness (QED) is 0.272. The normalized spacial score (nSPS) is 17.2. The number of carbonyl (C=O) groups is 2. The molecular formula is C25H18Cl2FNO5. The average molecular weight is 502 g/mol. The van der Waals surface area contributed by atoms with Gasteiger partial charge in [-0.05, 0) is 48.0 Å². The van der Waals surface area contributed by atoms with Crippen LogP contribution < -0.4 is 14.4 Å². The maximum atomic E-state index is 14.0. The average Bonchev–Trinajstić information content (AvgIpc) is 3.09. The second-order valence-corrected chi connectivity index (χ2v) is 8.21. The predicted molar refractivity (Wildman–Crippen MR) is 127 cm³/mol. The number of anilines is 1. The number of aliphatic hydroxyl groups is 1. The van der Waals surface area contributed by atoms with Gasteiger partial charge in [0.1, 0.15) is 17.3 Å². The monoisotopic (exact) mass is 501 g/mol. The van der Waals surface area contributed by atoms with Gasteiger partial charge in [0.2, 0.25) is 0 Å². The van der Waals surface area contributed by atoms with Gasteiger partial charge in [-0.25, -0.2) is 4.39 Å². The summed E-state index contributed by atoms with van der Waals surface area (Å²) in [5.41, 5.74) is 0.524. The Balaban J connectivity index is 1.98. The Morgan fingerprint density at radius 2 is 1.65 bits per heavy atom. The van der Waals surface area contributed by atoms with Crippen LogP contribution in [0, 0.1) is 5.82 Å². The Morgan fingerprint density at radius 1 is 0.971 bits per heavy atom. The van der Waals surface area contributed by atoms with Crippen molar-refractivity contribution in [2.45, 2.75) is 6.04 Å². The second-order valence-electron chi connectivity index (χ2n) is 7.40.